The Morgan fingerprint density at radius 1 is 1.04 bits per heavy atom. The van der Waals surface area contributed by atoms with Crippen molar-refractivity contribution in [3.8, 4) is 0 Å². The lowest BCUT2D eigenvalue weighted by Gasteiger charge is -2.42. The van der Waals surface area contributed by atoms with Crippen LogP contribution in [-0.4, -0.2) is 12.3 Å². The van der Waals surface area contributed by atoms with E-state index in [-0.39, 0.29) is 5.41 Å². The summed E-state index contributed by atoms with van der Waals surface area (Å²) >= 11 is 0. The maximum atomic E-state index is 4.91. The van der Waals surface area contributed by atoms with Gasteiger partial charge in [0.2, 0.25) is 0 Å². The molecule has 0 unspecified atom stereocenters. The van der Waals surface area contributed by atoms with E-state index in [2.05, 4.69) is 77.7 Å². The second kappa shape index (κ2) is 7.11. The Morgan fingerprint density at radius 2 is 1.63 bits per heavy atom. The van der Waals surface area contributed by atoms with Crippen molar-refractivity contribution < 1.29 is 0 Å². The molecule has 3 rings (SSSR count). The van der Waals surface area contributed by atoms with Gasteiger partial charge in [-0.2, -0.15) is 0 Å². The third-order valence-corrected chi connectivity index (χ3v) is 6.81. The Hall–Kier alpha value is -1.57. The lowest BCUT2D eigenvalue weighted by atomic mass is 9.63. The van der Waals surface area contributed by atoms with Crippen LogP contribution in [0.4, 0.5) is 5.69 Å². The zero-order valence-corrected chi connectivity index (χ0v) is 18.3. The monoisotopic (exact) mass is 366 g/mol. The molecule has 1 N–H and O–H groups in total. The summed E-state index contributed by atoms with van der Waals surface area (Å²) in [4.78, 5) is 4.91. The Kier molecular flexibility index (Phi) is 5.31. The fraction of sp³-hybridized carbons (Fsp3) is 0.640. The van der Waals surface area contributed by atoms with Gasteiger partial charge in [0, 0.05) is 12.2 Å². The average molecular weight is 367 g/mol. The van der Waals surface area contributed by atoms with Crippen LogP contribution >= 0.6 is 0 Å². The molecule has 0 saturated heterocycles. The van der Waals surface area contributed by atoms with Crippen LogP contribution in [-0.2, 0) is 5.41 Å². The third-order valence-electron chi connectivity index (χ3n) is 6.81. The van der Waals surface area contributed by atoms with Gasteiger partial charge < -0.3 is 5.32 Å². The number of anilines is 1. The fourth-order valence-electron chi connectivity index (χ4n) is 4.66. The Balaban J connectivity index is 1.57. The molecule has 1 aromatic carbocycles. The van der Waals surface area contributed by atoms with E-state index in [1.165, 1.54) is 37.0 Å². The second-order valence-corrected chi connectivity index (χ2v) is 11.0. The maximum absolute atomic E-state index is 4.91. The first-order chi connectivity index (χ1) is 12.5. The molecule has 1 heterocycles. The van der Waals surface area contributed by atoms with E-state index < -0.39 is 0 Å². The summed E-state index contributed by atoms with van der Waals surface area (Å²) in [6, 6.07) is 8.74. The SMILES string of the molecule is C=C(Nc1ccc(C(C)(C)C)cc1)C1=NCC2(CCC(C(C)(C)C)CC2)C1. The molecule has 1 aromatic rings. The average Bonchev–Trinajstić information content (AvgIpc) is 2.98. The maximum Gasteiger partial charge on any atom is 0.0583 e. The van der Waals surface area contributed by atoms with Crippen molar-refractivity contribution in [3.63, 3.8) is 0 Å². The minimum absolute atomic E-state index is 0.184. The highest BCUT2D eigenvalue weighted by Gasteiger charge is 2.42. The first-order valence-corrected chi connectivity index (χ1v) is 10.6. The molecule has 0 amide bonds. The number of hydrogen-bond donors (Lipinski definition) is 1. The summed E-state index contributed by atoms with van der Waals surface area (Å²) in [5, 5.41) is 3.49. The van der Waals surface area contributed by atoms with Crippen LogP contribution in [0.15, 0.2) is 41.5 Å². The van der Waals surface area contributed by atoms with Crippen molar-refractivity contribution in [2.45, 2.75) is 79.1 Å². The number of aliphatic imine (C=N–C) groups is 1. The van der Waals surface area contributed by atoms with Crippen LogP contribution in [0.5, 0.6) is 0 Å². The molecule has 1 aliphatic carbocycles. The summed E-state index contributed by atoms with van der Waals surface area (Å²) in [7, 11) is 0. The lowest BCUT2D eigenvalue weighted by Crippen LogP contribution is -2.33. The first-order valence-electron chi connectivity index (χ1n) is 10.6. The van der Waals surface area contributed by atoms with Crippen LogP contribution < -0.4 is 5.32 Å². The zero-order chi connectivity index (χ0) is 19.9. The lowest BCUT2D eigenvalue weighted by molar-refractivity contribution is 0.103. The summed E-state index contributed by atoms with van der Waals surface area (Å²) in [6.07, 6.45) is 6.42. The molecular weight excluding hydrogens is 328 g/mol. The van der Waals surface area contributed by atoms with Crippen molar-refractivity contribution >= 4 is 11.4 Å². The van der Waals surface area contributed by atoms with Crippen LogP contribution in [0.25, 0.3) is 0 Å². The molecule has 148 valence electrons. The van der Waals surface area contributed by atoms with Gasteiger partial charge in [0.15, 0.2) is 0 Å². The van der Waals surface area contributed by atoms with Crippen LogP contribution in [0, 0.1) is 16.7 Å². The van der Waals surface area contributed by atoms with E-state index in [4.69, 9.17) is 4.99 Å². The highest BCUT2D eigenvalue weighted by atomic mass is 14.9. The fourth-order valence-corrected chi connectivity index (χ4v) is 4.66. The topological polar surface area (TPSA) is 24.4 Å². The molecule has 2 heteroatoms. The van der Waals surface area contributed by atoms with Crippen LogP contribution in [0.3, 0.4) is 0 Å². The Morgan fingerprint density at radius 3 is 2.15 bits per heavy atom. The molecule has 0 aromatic heterocycles. The van der Waals surface area contributed by atoms with E-state index in [9.17, 15) is 0 Å². The van der Waals surface area contributed by atoms with Crippen LogP contribution in [0.2, 0.25) is 0 Å². The summed E-state index contributed by atoms with van der Waals surface area (Å²) in [5.41, 5.74) is 5.65. The highest BCUT2D eigenvalue weighted by Crippen LogP contribution is 2.49. The molecule has 2 aliphatic rings. The molecule has 2 nitrogen and oxygen atoms in total. The zero-order valence-electron chi connectivity index (χ0n) is 18.3. The molecule has 1 aliphatic heterocycles. The molecule has 0 atom stereocenters. The van der Waals surface area contributed by atoms with E-state index >= 15 is 0 Å². The molecular formula is C25H38N2. The number of benzene rings is 1. The van der Waals surface area contributed by atoms with Gasteiger partial charge in [-0.1, -0.05) is 60.3 Å². The standard InChI is InChI=1S/C25H38N2/c1-18(27-21-10-8-19(9-11-21)23(2,3)4)22-16-25(17-26-22)14-12-20(13-15-25)24(5,6)7/h8-11,20,27H,1,12-17H2,2-7H3. The second-order valence-electron chi connectivity index (χ2n) is 11.0. The van der Waals surface area contributed by atoms with Gasteiger partial charge in [0.1, 0.15) is 0 Å². The van der Waals surface area contributed by atoms with Crippen molar-refractivity contribution in [3.05, 3.63) is 42.1 Å². The quantitative estimate of drug-likeness (QED) is 0.613. The van der Waals surface area contributed by atoms with Gasteiger partial charge in [-0.3, -0.25) is 4.99 Å². The minimum Gasteiger partial charge on any atom is -0.355 e. The third kappa shape index (κ3) is 4.65. The Labute approximate surface area is 166 Å². The summed E-state index contributed by atoms with van der Waals surface area (Å²) in [5.74, 6) is 0.856. The number of rotatable bonds is 3. The van der Waals surface area contributed by atoms with Gasteiger partial charge in [-0.25, -0.2) is 0 Å². The smallest absolute Gasteiger partial charge is 0.0583 e. The van der Waals surface area contributed by atoms with E-state index in [0.717, 1.165) is 30.3 Å². The minimum atomic E-state index is 0.184. The number of nitrogens with zero attached hydrogens (tertiary/aromatic N) is 1. The van der Waals surface area contributed by atoms with Crippen LogP contribution in [0.1, 0.15) is 79.2 Å². The van der Waals surface area contributed by atoms with Gasteiger partial charge in [0.25, 0.3) is 0 Å². The summed E-state index contributed by atoms with van der Waals surface area (Å²) < 4.78 is 0. The van der Waals surface area contributed by atoms with E-state index in [1.807, 2.05) is 0 Å². The summed E-state index contributed by atoms with van der Waals surface area (Å²) in [6.45, 7) is 19.2. The molecule has 0 radical (unpaired) electrons. The van der Waals surface area contributed by atoms with Crippen molar-refractivity contribution in [1.29, 1.82) is 0 Å². The van der Waals surface area contributed by atoms with Gasteiger partial charge in [-0.05, 0) is 72.0 Å². The van der Waals surface area contributed by atoms with Gasteiger partial charge in [0.05, 0.1) is 11.4 Å². The molecule has 0 bridgehead atoms. The molecule has 27 heavy (non-hydrogen) atoms. The van der Waals surface area contributed by atoms with E-state index in [0.29, 0.717) is 10.8 Å². The highest BCUT2D eigenvalue weighted by molar-refractivity contribution is 6.03. The van der Waals surface area contributed by atoms with E-state index in [1.54, 1.807) is 0 Å². The van der Waals surface area contributed by atoms with Crippen molar-refractivity contribution in [2.24, 2.45) is 21.7 Å². The molecule has 1 spiro atoms. The molecule has 1 fully saturated rings. The molecule has 1 saturated carbocycles. The number of allylic oxidation sites excluding steroid dienone is 1. The van der Waals surface area contributed by atoms with Crippen molar-refractivity contribution in [1.82, 2.24) is 0 Å². The number of hydrogen-bond acceptors (Lipinski definition) is 2. The predicted molar refractivity (Wildman–Crippen MR) is 119 cm³/mol. The van der Waals surface area contributed by atoms with Gasteiger partial charge >= 0.3 is 0 Å². The van der Waals surface area contributed by atoms with Gasteiger partial charge in [-0.15, -0.1) is 0 Å². The number of nitrogens with one attached hydrogen (secondary N) is 1. The van der Waals surface area contributed by atoms with Crippen molar-refractivity contribution in [2.75, 3.05) is 11.9 Å². The normalized spacial score (nSPS) is 26.1. The first kappa shape index (κ1) is 20.2. The Bertz CT molecular complexity index is 702. The largest absolute Gasteiger partial charge is 0.355 e. The predicted octanol–water partition coefficient (Wildman–Crippen LogP) is 6.98.